The zero-order chi connectivity index (χ0) is 15.6. The molecular formula is C13H15F4NO2. The zero-order valence-corrected chi connectivity index (χ0v) is 11.3. The molecule has 1 amide bonds. The lowest BCUT2D eigenvalue weighted by Crippen LogP contribution is -2.43. The summed E-state index contributed by atoms with van der Waals surface area (Å²) in [5.41, 5.74) is -2.34. The fraction of sp³-hybridized carbons (Fsp3) is 0.462. The van der Waals surface area contributed by atoms with Gasteiger partial charge in [-0.3, -0.25) is 4.79 Å². The third-order valence-corrected chi connectivity index (χ3v) is 2.87. The summed E-state index contributed by atoms with van der Waals surface area (Å²) in [6, 6.07) is 2.06. The topological polar surface area (TPSA) is 38.3 Å². The Morgan fingerprint density at radius 2 is 1.90 bits per heavy atom. The van der Waals surface area contributed by atoms with Gasteiger partial charge in [0.25, 0.3) is 5.91 Å². The first kappa shape index (κ1) is 16.4. The molecule has 112 valence electrons. The van der Waals surface area contributed by atoms with Gasteiger partial charge in [0.2, 0.25) is 0 Å². The fourth-order valence-corrected chi connectivity index (χ4v) is 1.37. The van der Waals surface area contributed by atoms with Crippen LogP contribution in [0, 0.1) is 5.82 Å². The summed E-state index contributed by atoms with van der Waals surface area (Å²) in [7, 11) is 1.32. The van der Waals surface area contributed by atoms with Gasteiger partial charge in [-0.15, -0.1) is 0 Å². The van der Waals surface area contributed by atoms with Gasteiger partial charge in [0.05, 0.1) is 5.56 Å². The maximum Gasteiger partial charge on any atom is 0.416 e. The summed E-state index contributed by atoms with van der Waals surface area (Å²) in [5, 5.41) is 2.34. The molecule has 0 heterocycles. The van der Waals surface area contributed by atoms with Gasteiger partial charge in [-0.2, -0.15) is 13.2 Å². The lowest BCUT2D eigenvalue weighted by Gasteiger charge is -2.21. The Kier molecular flexibility index (Phi) is 4.75. The van der Waals surface area contributed by atoms with Crippen molar-refractivity contribution in [2.45, 2.75) is 32.2 Å². The third kappa shape index (κ3) is 3.93. The molecule has 0 atom stereocenters. The average Bonchev–Trinajstić information content (AvgIpc) is 2.35. The van der Waals surface area contributed by atoms with Gasteiger partial charge in [-0.1, -0.05) is 0 Å². The van der Waals surface area contributed by atoms with Crippen LogP contribution in [0.1, 0.15) is 25.0 Å². The van der Waals surface area contributed by atoms with Crippen molar-refractivity contribution >= 4 is 5.91 Å². The van der Waals surface area contributed by atoms with Gasteiger partial charge in [0.1, 0.15) is 11.4 Å². The molecule has 0 bridgehead atoms. The van der Waals surface area contributed by atoms with Crippen molar-refractivity contribution in [1.29, 1.82) is 0 Å². The van der Waals surface area contributed by atoms with Gasteiger partial charge in [0.15, 0.2) is 0 Å². The van der Waals surface area contributed by atoms with E-state index in [-0.39, 0.29) is 12.1 Å². The number of hydrogen-bond acceptors (Lipinski definition) is 2. The van der Waals surface area contributed by atoms with Crippen LogP contribution in [0.15, 0.2) is 18.2 Å². The summed E-state index contributed by atoms with van der Waals surface area (Å²) in [6.07, 6.45) is -4.56. The van der Waals surface area contributed by atoms with E-state index < -0.39 is 29.1 Å². The molecule has 0 aliphatic carbocycles. The Balaban J connectivity index is 2.86. The maximum atomic E-state index is 13.4. The first-order chi connectivity index (χ1) is 9.08. The number of hydrogen-bond donors (Lipinski definition) is 1. The van der Waals surface area contributed by atoms with E-state index in [0.29, 0.717) is 12.1 Å². The first-order valence-corrected chi connectivity index (χ1v) is 5.77. The monoisotopic (exact) mass is 293 g/mol. The number of methoxy groups -OCH3 is 1. The molecule has 0 aromatic heterocycles. The van der Waals surface area contributed by atoms with Gasteiger partial charge in [0, 0.05) is 19.2 Å². The molecular weight excluding hydrogens is 278 g/mol. The number of halogens is 4. The van der Waals surface area contributed by atoms with Crippen molar-refractivity contribution in [3.8, 4) is 0 Å². The predicted octanol–water partition coefficient (Wildman–Crippen LogP) is 2.89. The number of ether oxygens (including phenoxy) is 1. The number of carbonyl (C=O) groups excluding carboxylic acids is 1. The Bertz CT molecular complexity index is 498. The Hall–Kier alpha value is -1.63. The number of amides is 1. The Morgan fingerprint density at radius 3 is 2.40 bits per heavy atom. The highest BCUT2D eigenvalue weighted by Crippen LogP contribution is 2.30. The van der Waals surface area contributed by atoms with E-state index in [0.717, 1.165) is 6.07 Å². The molecule has 0 spiro atoms. The van der Waals surface area contributed by atoms with Crippen LogP contribution in [0.25, 0.3) is 0 Å². The molecule has 0 saturated carbocycles. The van der Waals surface area contributed by atoms with E-state index in [4.69, 9.17) is 4.74 Å². The van der Waals surface area contributed by atoms with Crippen molar-refractivity contribution in [3.05, 3.63) is 35.1 Å². The Labute approximate surface area is 113 Å². The van der Waals surface area contributed by atoms with Crippen LogP contribution in [-0.4, -0.2) is 18.6 Å². The van der Waals surface area contributed by atoms with Crippen molar-refractivity contribution in [2.75, 3.05) is 7.11 Å². The second-order valence-electron chi connectivity index (χ2n) is 4.70. The molecule has 1 aromatic carbocycles. The molecule has 0 aliphatic heterocycles. The SMILES string of the molecule is COC(C)(C)C(=O)NCc1cc(C(F)(F)F)ccc1F. The predicted molar refractivity (Wildman–Crippen MR) is 64.3 cm³/mol. The standard InChI is InChI=1S/C13H15F4NO2/c1-12(2,20-3)11(19)18-7-8-6-9(13(15,16)17)4-5-10(8)14/h4-6H,7H2,1-3H3,(H,18,19). The fourth-order valence-electron chi connectivity index (χ4n) is 1.37. The second-order valence-corrected chi connectivity index (χ2v) is 4.70. The number of benzene rings is 1. The van der Waals surface area contributed by atoms with Crippen LogP contribution in [0.2, 0.25) is 0 Å². The van der Waals surface area contributed by atoms with Crippen molar-refractivity contribution in [1.82, 2.24) is 5.32 Å². The second kappa shape index (κ2) is 5.78. The number of carbonyl (C=O) groups is 1. The summed E-state index contributed by atoms with van der Waals surface area (Å²) >= 11 is 0. The highest BCUT2D eigenvalue weighted by molar-refractivity contribution is 5.84. The molecule has 0 fully saturated rings. The van der Waals surface area contributed by atoms with E-state index in [1.165, 1.54) is 21.0 Å². The van der Waals surface area contributed by atoms with Crippen LogP contribution >= 0.6 is 0 Å². The maximum absolute atomic E-state index is 13.4. The minimum atomic E-state index is -4.56. The summed E-state index contributed by atoms with van der Waals surface area (Å²) in [4.78, 5) is 11.7. The van der Waals surface area contributed by atoms with E-state index in [9.17, 15) is 22.4 Å². The molecule has 0 radical (unpaired) electrons. The molecule has 1 rings (SSSR count). The highest BCUT2D eigenvalue weighted by atomic mass is 19.4. The molecule has 0 aliphatic rings. The number of alkyl halides is 3. The molecule has 0 saturated heterocycles. The first-order valence-electron chi connectivity index (χ1n) is 5.77. The molecule has 3 nitrogen and oxygen atoms in total. The molecule has 20 heavy (non-hydrogen) atoms. The lowest BCUT2D eigenvalue weighted by molar-refractivity contribution is -0.139. The summed E-state index contributed by atoms with van der Waals surface area (Å²) in [5.74, 6) is -1.36. The summed E-state index contributed by atoms with van der Waals surface area (Å²) < 4.78 is 55.9. The summed E-state index contributed by atoms with van der Waals surface area (Å²) in [6.45, 7) is 2.64. The van der Waals surface area contributed by atoms with Gasteiger partial charge in [-0.25, -0.2) is 4.39 Å². The van der Waals surface area contributed by atoms with Crippen molar-refractivity contribution in [3.63, 3.8) is 0 Å². The minimum absolute atomic E-state index is 0.236. The quantitative estimate of drug-likeness (QED) is 0.867. The molecule has 1 N–H and O–H groups in total. The molecule has 7 heteroatoms. The van der Waals surface area contributed by atoms with Crippen molar-refractivity contribution < 1.29 is 27.1 Å². The highest BCUT2D eigenvalue weighted by Gasteiger charge is 2.31. The van der Waals surface area contributed by atoms with Crippen LogP contribution < -0.4 is 5.32 Å². The lowest BCUT2D eigenvalue weighted by atomic mass is 10.1. The van der Waals surface area contributed by atoms with Gasteiger partial charge >= 0.3 is 6.18 Å². The van der Waals surface area contributed by atoms with E-state index >= 15 is 0 Å². The smallest absolute Gasteiger partial charge is 0.369 e. The van der Waals surface area contributed by atoms with Crippen LogP contribution in [0.5, 0.6) is 0 Å². The largest absolute Gasteiger partial charge is 0.416 e. The Morgan fingerprint density at radius 1 is 1.30 bits per heavy atom. The van der Waals surface area contributed by atoms with Gasteiger partial charge in [-0.05, 0) is 32.0 Å². The third-order valence-electron chi connectivity index (χ3n) is 2.87. The van der Waals surface area contributed by atoms with E-state index in [1.807, 2.05) is 0 Å². The normalized spacial score (nSPS) is 12.3. The van der Waals surface area contributed by atoms with Crippen LogP contribution in [-0.2, 0) is 22.3 Å². The zero-order valence-electron chi connectivity index (χ0n) is 11.3. The minimum Gasteiger partial charge on any atom is -0.369 e. The molecule has 1 aromatic rings. The van der Waals surface area contributed by atoms with Gasteiger partial charge < -0.3 is 10.1 Å². The van der Waals surface area contributed by atoms with Crippen LogP contribution in [0.4, 0.5) is 17.6 Å². The number of nitrogens with one attached hydrogen (secondary N) is 1. The van der Waals surface area contributed by atoms with Crippen LogP contribution in [0.3, 0.4) is 0 Å². The van der Waals surface area contributed by atoms with Crippen molar-refractivity contribution in [2.24, 2.45) is 0 Å². The van der Waals surface area contributed by atoms with E-state index in [2.05, 4.69) is 5.32 Å². The number of rotatable bonds is 4. The molecule has 0 unspecified atom stereocenters. The van der Waals surface area contributed by atoms with E-state index in [1.54, 1.807) is 0 Å². The average molecular weight is 293 g/mol.